The minimum absolute atomic E-state index is 0.112. The van der Waals surface area contributed by atoms with E-state index in [-0.39, 0.29) is 12.3 Å². The van der Waals surface area contributed by atoms with Gasteiger partial charge in [-0.2, -0.15) is 0 Å². The molecule has 0 fully saturated rings. The number of nitrogens with one attached hydrogen (secondary N) is 1. The van der Waals surface area contributed by atoms with Crippen molar-refractivity contribution >= 4 is 22.9 Å². The SMILES string of the molecule is COc1ccc(Oc2ncccc2NC(=O)Cc2csc(-c3ccc(OC)c(OC)c3)n2)cc1. The van der Waals surface area contributed by atoms with Crippen molar-refractivity contribution in [2.75, 3.05) is 26.6 Å². The van der Waals surface area contributed by atoms with Gasteiger partial charge < -0.3 is 24.3 Å². The van der Waals surface area contributed by atoms with Gasteiger partial charge in [-0.1, -0.05) is 0 Å². The molecule has 0 bridgehead atoms. The summed E-state index contributed by atoms with van der Waals surface area (Å²) >= 11 is 1.46. The number of anilines is 1. The van der Waals surface area contributed by atoms with E-state index in [1.165, 1.54) is 11.3 Å². The molecule has 4 rings (SSSR count). The summed E-state index contributed by atoms with van der Waals surface area (Å²) in [5.74, 6) is 2.63. The Balaban J connectivity index is 1.43. The van der Waals surface area contributed by atoms with Crippen LogP contribution in [0.5, 0.6) is 28.9 Å². The first-order valence-electron chi connectivity index (χ1n) is 10.3. The molecule has 0 saturated heterocycles. The summed E-state index contributed by atoms with van der Waals surface area (Å²) in [6.45, 7) is 0. The second-order valence-corrected chi connectivity index (χ2v) is 7.93. The van der Waals surface area contributed by atoms with Crippen LogP contribution in [0.3, 0.4) is 0 Å². The zero-order chi connectivity index (χ0) is 23.9. The molecule has 0 radical (unpaired) electrons. The van der Waals surface area contributed by atoms with Crippen molar-refractivity contribution in [1.29, 1.82) is 0 Å². The summed E-state index contributed by atoms with van der Waals surface area (Å²) in [5, 5.41) is 5.51. The van der Waals surface area contributed by atoms with E-state index in [1.807, 2.05) is 23.6 Å². The zero-order valence-electron chi connectivity index (χ0n) is 18.9. The Labute approximate surface area is 201 Å². The number of aromatic nitrogens is 2. The van der Waals surface area contributed by atoms with Gasteiger partial charge in [-0.15, -0.1) is 11.3 Å². The predicted octanol–water partition coefficient (Wildman–Crippen LogP) is 5.20. The van der Waals surface area contributed by atoms with E-state index in [2.05, 4.69) is 15.3 Å². The smallest absolute Gasteiger partial charge is 0.243 e. The number of hydrogen-bond donors (Lipinski definition) is 1. The molecule has 9 heteroatoms. The molecule has 0 atom stereocenters. The van der Waals surface area contributed by atoms with Crippen molar-refractivity contribution in [2.45, 2.75) is 6.42 Å². The molecule has 174 valence electrons. The first kappa shape index (κ1) is 23.1. The average molecular weight is 478 g/mol. The quantitative estimate of drug-likeness (QED) is 0.354. The number of nitrogens with zero attached hydrogens (tertiary/aromatic N) is 2. The normalized spacial score (nSPS) is 10.4. The fourth-order valence-electron chi connectivity index (χ4n) is 3.17. The van der Waals surface area contributed by atoms with Crippen LogP contribution in [0.15, 0.2) is 66.2 Å². The summed E-state index contributed by atoms with van der Waals surface area (Å²) in [7, 11) is 4.78. The van der Waals surface area contributed by atoms with Crippen molar-refractivity contribution in [3.63, 3.8) is 0 Å². The van der Waals surface area contributed by atoms with Gasteiger partial charge in [0, 0.05) is 17.1 Å². The van der Waals surface area contributed by atoms with Crippen LogP contribution in [0.1, 0.15) is 5.69 Å². The fourth-order valence-corrected chi connectivity index (χ4v) is 3.99. The molecule has 2 heterocycles. The Morgan fingerprint density at radius 1 is 0.941 bits per heavy atom. The molecule has 8 nitrogen and oxygen atoms in total. The number of methoxy groups -OCH3 is 3. The number of benzene rings is 2. The van der Waals surface area contributed by atoms with E-state index < -0.39 is 0 Å². The molecule has 1 N–H and O–H groups in total. The Morgan fingerprint density at radius 3 is 2.44 bits per heavy atom. The summed E-state index contributed by atoms with van der Waals surface area (Å²) < 4.78 is 21.7. The van der Waals surface area contributed by atoms with Crippen LogP contribution in [0, 0.1) is 0 Å². The lowest BCUT2D eigenvalue weighted by Gasteiger charge is -2.11. The van der Waals surface area contributed by atoms with Crippen molar-refractivity contribution in [3.8, 4) is 39.4 Å². The Kier molecular flexibility index (Phi) is 7.24. The molecule has 0 unspecified atom stereocenters. The highest BCUT2D eigenvalue weighted by Gasteiger charge is 2.14. The van der Waals surface area contributed by atoms with Crippen LogP contribution in [-0.2, 0) is 11.2 Å². The third-order valence-electron chi connectivity index (χ3n) is 4.84. The maximum Gasteiger partial charge on any atom is 0.243 e. The van der Waals surface area contributed by atoms with Crippen LogP contribution >= 0.6 is 11.3 Å². The average Bonchev–Trinajstić information content (AvgIpc) is 3.33. The van der Waals surface area contributed by atoms with Crippen molar-refractivity contribution in [1.82, 2.24) is 9.97 Å². The summed E-state index contributed by atoms with van der Waals surface area (Å²) in [5.41, 5.74) is 2.02. The van der Waals surface area contributed by atoms with Gasteiger partial charge in [0.1, 0.15) is 22.2 Å². The van der Waals surface area contributed by atoms with E-state index in [9.17, 15) is 4.79 Å². The Bertz CT molecular complexity index is 1270. The van der Waals surface area contributed by atoms with Gasteiger partial charge in [-0.3, -0.25) is 4.79 Å². The minimum atomic E-state index is -0.225. The highest BCUT2D eigenvalue weighted by atomic mass is 32.1. The summed E-state index contributed by atoms with van der Waals surface area (Å²) in [6.07, 6.45) is 1.71. The number of rotatable bonds is 9. The Hall–Kier alpha value is -4.11. The molecule has 2 aromatic carbocycles. The monoisotopic (exact) mass is 477 g/mol. The number of carbonyl (C=O) groups is 1. The van der Waals surface area contributed by atoms with Crippen LogP contribution in [0.2, 0.25) is 0 Å². The largest absolute Gasteiger partial charge is 0.497 e. The predicted molar refractivity (Wildman–Crippen MR) is 130 cm³/mol. The fraction of sp³-hybridized carbons (Fsp3) is 0.160. The lowest BCUT2D eigenvalue weighted by atomic mass is 10.2. The van der Waals surface area contributed by atoms with E-state index in [0.717, 1.165) is 16.3 Å². The zero-order valence-corrected chi connectivity index (χ0v) is 19.7. The number of carbonyl (C=O) groups excluding carboxylic acids is 1. The van der Waals surface area contributed by atoms with Crippen LogP contribution < -0.4 is 24.3 Å². The van der Waals surface area contributed by atoms with Gasteiger partial charge in [0.25, 0.3) is 0 Å². The number of pyridine rings is 1. The van der Waals surface area contributed by atoms with E-state index in [0.29, 0.717) is 34.5 Å². The van der Waals surface area contributed by atoms with Gasteiger partial charge in [0.15, 0.2) is 11.5 Å². The minimum Gasteiger partial charge on any atom is -0.497 e. The highest BCUT2D eigenvalue weighted by Crippen LogP contribution is 2.34. The van der Waals surface area contributed by atoms with Crippen molar-refractivity contribution in [3.05, 3.63) is 71.9 Å². The second kappa shape index (κ2) is 10.7. The second-order valence-electron chi connectivity index (χ2n) is 7.07. The van der Waals surface area contributed by atoms with Gasteiger partial charge >= 0.3 is 0 Å². The summed E-state index contributed by atoms with van der Waals surface area (Å²) in [6, 6.07) is 16.2. The molecule has 0 aliphatic rings. The third-order valence-corrected chi connectivity index (χ3v) is 5.78. The van der Waals surface area contributed by atoms with Crippen molar-refractivity contribution < 1.29 is 23.7 Å². The molecule has 1 amide bonds. The molecule has 4 aromatic rings. The number of hydrogen-bond acceptors (Lipinski definition) is 8. The summed E-state index contributed by atoms with van der Waals surface area (Å²) in [4.78, 5) is 21.6. The molecular formula is C25H23N3O5S. The number of amides is 1. The molecule has 0 spiro atoms. The van der Waals surface area contributed by atoms with Crippen LogP contribution in [-0.4, -0.2) is 37.2 Å². The lowest BCUT2D eigenvalue weighted by Crippen LogP contribution is -2.15. The lowest BCUT2D eigenvalue weighted by molar-refractivity contribution is -0.115. The van der Waals surface area contributed by atoms with Crippen molar-refractivity contribution in [2.24, 2.45) is 0 Å². The highest BCUT2D eigenvalue weighted by molar-refractivity contribution is 7.13. The van der Waals surface area contributed by atoms with E-state index >= 15 is 0 Å². The first-order chi connectivity index (χ1) is 16.6. The maximum absolute atomic E-state index is 12.7. The number of thiazole rings is 1. The van der Waals surface area contributed by atoms with E-state index in [1.54, 1.807) is 63.9 Å². The molecule has 34 heavy (non-hydrogen) atoms. The van der Waals surface area contributed by atoms with E-state index in [4.69, 9.17) is 18.9 Å². The Morgan fingerprint density at radius 2 is 1.71 bits per heavy atom. The molecule has 0 saturated carbocycles. The van der Waals surface area contributed by atoms with Gasteiger partial charge in [-0.25, -0.2) is 9.97 Å². The van der Waals surface area contributed by atoms with Crippen LogP contribution in [0.4, 0.5) is 5.69 Å². The molecular weight excluding hydrogens is 454 g/mol. The topological polar surface area (TPSA) is 91.8 Å². The van der Waals surface area contributed by atoms with Gasteiger partial charge in [0.2, 0.25) is 11.8 Å². The number of ether oxygens (including phenoxy) is 4. The third kappa shape index (κ3) is 5.44. The molecule has 0 aliphatic carbocycles. The maximum atomic E-state index is 12.7. The van der Waals surface area contributed by atoms with Gasteiger partial charge in [0.05, 0.1) is 33.4 Å². The first-order valence-corrected chi connectivity index (χ1v) is 11.2. The molecule has 0 aliphatic heterocycles. The standard InChI is InChI=1S/C25H23N3O5S/c1-30-18-7-9-19(10-8-18)33-24-20(5-4-12-26-24)28-23(29)14-17-15-34-25(27-17)16-6-11-21(31-2)22(13-16)32-3/h4-13,15H,14H2,1-3H3,(H,28,29). The van der Waals surface area contributed by atoms with Crippen LogP contribution in [0.25, 0.3) is 10.6 Å². The van der Waals surface area contributed by atoms with Gasteiger partial charge in [-0.05, 0) is 54.6 Å². The molecule has 2 aromatic heterocycles.